The van der Waals surface area contributed by atoms with Crippen LogP contribution in [0.15, 0.2) is 0 Å². The van der Waals surface area contributed by atoms with Gasteiger partial charge >= 0.3 is 0 Å². The van der Waals surface area contributed by atoms with E-state index >= 15 is 0 Å². The SMILES string of the molecule is CN1CC[C@@H](O[C@@H]2CCNC(C3CCCC3)C2N)C1. The van der Waals surface area contributed by atoms with Crippen molar-refractivity contribution in [3.63, 3.8) is 0 Å². The number of nitrogens with two attached hydrogens (primary N) is 1. The van der Waals surface area contributed by atoms with Crippen LogP contribution < -0.4 is 11.1 Å². The molecule has 0 aromatic heterocycles. The Hall–Kier alpha value is -0.160. The first-order chi connectivity index (χ1) is 9.24. The Morgan fingerprint density at radius 1 is 1.16 bits per heavy atom. The van der Waals surface area contributed by atoms with Gasteiger partial charge in [0.05, 0.1) is 12.2 Å². The maximum Gasteiger partial charge on any atom is 0.0757 e. The molecular weight excluding hydrogens is 238 g/mol. The van der Waals surface area contributed by atoms with Crippen LogP contribution in [-0.2, 0) is 4.74 Å². The molecule has 0 aromatic rings. The zero-order valence-corrected chi connectivity index (χ0v) is 12.2. The Kier molecular flexibility index (Phi) is 4.42. The number of nitrogens with zero attached hydrogens (tertiary/aromatic N) is 1. The molecule has 19 heavy (non-hydrogen) atoms. The summed E-state index contributed by atoms with van der Waals surface area (Å²) in [5.74, 6) is 0.785. The summed E-state index contributed by atoms with van der Waals surface area (Å²) in [4.78, 5) is 2.35. The second-order valence-corrected chi connectivity index (χ2v) is 6.74. The van der Waals surface area contributed by atoms with Crippen LogP contribution >= 0.6 is 0 Å². The molecule has 2 aliphatic heterocycles. The summed E-state index contributed by atoms with van der Waals surface area (Å²) in [5, 5.41) is 3.66. The maximum absolute atomic E-state index is 6.51. The lowest BCUT2D eigenvalue weighted by atomic mass is 9.85. The molecule has 3 rings (SSSR count). The van der Waals surface area contributed by atoms with Gasteiger partial charge in [-0.05, 0) is 45.2 Å². The minimum atomic E-state index is 0.183. The maximum atomic E-state index is 6.51. The fourth-order valence-electron chi connectivity index (χ4n) is 4.16. The Morgan fingerprint density at radius 2 is 1.95 bits per heavy atom. The van der Waals surface area contributed by atoms with Crippen LogP contribution in [0.25, 0.3) is 0 Å². The third kappa shape index (κ3) is 3.13. The first-order valence-corrected chi connectivity index (χ1v) is 8.07. The standard InChI is InChI=1S/C15H29N3O/c1-18-9-7-12(10-18)19-13-6-8-17-15(14(13)16)11-4-2-3-5-11/h11-15,17H,2-10,16H2,1H3/t12-,13-,14?,15?/m1/s1. The van der Waals surface area contributed by atoms with E-state index in [0.717, 1.165) is 32.0 Å². The summed E-state index contributed by atoms with van der Waals surface area (Å²) in [5.41, 5.74) is 6.51. The van der Waals surface area contributed by atoms with Gasteiger partial charge in [0, 0.05) is 25.2 Å². The molecule has 110 valence electrons. The van der Waals surface area contributed by atoms with Crippen molar-refractivity contribution in [2.24, 2.45) is 11.7 Å². The Morgan fingerprint density at radius 3 is 2.63 bits per heavy atom. The molecule has 3 aliphatic rings. The summed E-state index contributed by atoms with van der Waals surface area (Å²) in [6, 6.07) is 0.670. The zero-order chi connectivity index (χ0) is 13.2. The minimum Gasteiger partial charge on any atom is -0.372 e. The molecule has 4 heteroatoms. The third-order valence-corrected chi connectivity index (χ3v) is 5.28. The van der Waals surface area contributed by atoms with Gasteiger partial charge in [0.2, 0.25) is 0 Å². The Balaban J connectivity index is 1.55. The Labute approximate surface area is 117 Å². The van der Waals surface area contributed by atoms with Crippen LogP contribution in [0.3, 0.4) is 0 Å². The van der Waals surface area contributed by atoms with E-state index in [1.807, 2.05) is 0 Å². The van der Waals surface area contributed by atoms with E-state index in [9.17, 15) is 0 Å². The highest BCUT2D eigenvalue weighted by Gasteiger charge is 2.38. The topological polar surface area (TPSA) is 50.5 Å². The fourth-order valence-corrected chi connectivity index (χ4v) is 4.16. The van der Waals surface area contributed by atoms with E-state index in [4.69, 9.17) is 10.5 Å². The lowest BCUT2D eigenvalue weighted by molar-refractivity contribution is -0.0437. The second kappa shape index (κ2) is 6.08. The quantitative estimate of drug-likeness (QED) is 0.799. The van der Waals surface area contributed by atoms with E-state index in [1.54, 1.807) is 0 Å². The second-order valence-electron chi connectivity index (χ2n) is 6.74. The molecule has 2 heterocycles. The Bertz CT molecular complexity index is 293. The molecule has 0 bridgehead atoms. The largest absolute Gasteiger partial charge is 0.372 e. The summed E-state index contributed by atoms with van der Waals surface area (Å²) < 4.78 is 6.32. The van der Waals surface area contributed by atoms with Crippen LogP contribution in [0.5, 0.6) is 0 Å². The molecule has 0 amide bonds. The van der Waals surface area contributed by atoms with Gasteiger partial charge in [-0.1, -0.05) is 12.8 Å². The van der Waals surface area contributed by atoms with Gasteiger partial charge in [-0.3, -0.25) is 0 Å². The molecule has 4 nitrogen and oxygen atoms in total. The van der Waals surface area contributed by atoms with E-state index in [-0.39, 0.29) is 12.1 Å². The molecule has 0 radical (unpaired) electrons. The molecule has 1 aliphatic carbocycles. The normalized spacial score (nSPS) is 42.0. The van der Waals surface area contributed by atoms with Gasteiger partial charge in [0.25, 0.3) is 0 Å². The average Bonchev–Trinajstić information content (AvgIpc) is 3.04. The number of likely N-dealkylation sites (tertiary alicyclic amines) is 1. The lowest BCUT2D eigenvalue weighted by Gasteiger charge is -2.40. The number of ether oxygens (including phenoxy) is 1. The average molecular weight is 267 g/mol. The molecule has 0 aromatic carbocycles. The summed E-state index contributed by atoms with van der Waals surface area (Å²) in [7, 11) is 2.17. The van der Waals surface area contributed by atoms with Crippen LogP contribution in [0, 0.1) is 5.92 Å². The smallest absolute Gasteiger partial charge is 0.0757 e. The molecule has 2 unspecified atom stereocenters. The van der Waals surface area contributed by atoms with Gasteiger partial charge in [0.15, 0.2) is 0 Å². The summed E-state index contributed by atoms with van der Waals surface area (Å²) in [6.07, 6.45) is 8.38. The van der Waals surface area contributed by atoms with Crippen molar-refractivity contribution in [1.29, 1.82) is 0 Å². The van der Waals surface area contributed by atoms with Crippen LogP contribution in [0.2, 0.25) is 0 Å². The van der Waals surface area contributed by atoms with Crippen molar-refractivity contribution in [1.82, 2.24) is 10.2 Å². The number of nitrogens with one attached hydrogen (secondary N) is 1. The molecule has 1 saturated carbocycles. The highest BCUT2D eigenvalue weighted by atomic mass is 16.5. The highest BCUT2D eigenvalue weighted by molar-refractivity contribution is 4.96. The number of hydrogen-bond donors (Lipinski definition) is 2. The first-order valence-electron chi connectivity index (χ1n) is 8.07. The number of hydrogen-bond acceptors (Lipinski definition) is 4. The van der Waals surface area contributed by atoms with Gasteiger partial charge in [-0.2, -0.15) is 0 Å². The zero-order valence-electron chi connectivity index (χ0n) is 12.2. The van der Waals surface area contributed by atoms with Crippen molar-refractivity contribution in [3.05, 3.63) is 0 Å². The van der Waals surface area contributed by atoms with Gasteiger partial charge in [-0.25, -0.2) is 0 Å². The van der Waals surface area contributed by atoms with E-state index in [2.05, 4.69) is 17.3 Å². The van der Waals surface area contributed by atoms with Gasteiger partial charge < -0.3 is 20.7 Å². The van der Waals surface area contributed by atoms with E-state index < -0.39 is 0 Å². The van der Waals surface area contributed by atoms with E-state index in [1.165, 1.54) is 32.1 Å². The minimum absolute atomic E-state index is 0.183. The molecule has 3 N–H and O–H groups in total. The van der Waals surface area contributed by atoms with Crippen molar-refractivity contribution in [3.8, 4) is 0 Å². The first kappa shape index (κ1) is 13.8. The fraction of sp³-hybridized carbons (Fsp3) is 1.00. The number of rotatable bonds is 3. The van der Waals surface area contributed by atoms with Crippen molar-refractivity contribution in [2.45, 2.75) is 62.8 Å². The highest BCUT2D eigenvalue weighted by Crippen LogP contribution is 2.31. The van der Waals surface area contributed by atoms with Crippen molar-refractivity contribution < 1.29 is 4.74 Å². The summed E-state index contributed by atoms with van der Waals surface area (Å²) in [6.45, 7) is 3.31. The van der Waals surface area contributed by atoms with Crippen molar-refractivity contribution in [2.75, 3.05) is 26.7 Å². The molecule has 3 fully saturated rings. The van der Waals surface area contributed by atoms with E-state index in [0.29, 0.717) is 12.1 Å². The monoisotopic (exact) mass is 267 g/mol. The van der Waals surface area contributed by atoms with Crippen molar-refractivity contribution >= 4 is 0 Å². The molecule has 0 spiro atoms. The lowest BCUT2D eigenvalue weighted by Crippen LogP contribution is -2.60. The molecule has 4 atom stereocenters. The van der Waals surface area contributed by atoms with Gasteiger partial charge in [-0.15, -0.1) is 0 Å². The molecular formula is C15H29N3O. The van der Waals surface area contributed by atoms with Crippen LogP contribution in [-0.4, -0.2) is 55.9 Å². The predicted molar refractivity (Wildman–Crippen MR) is 77.1 cm³/mol. The number of piperidine rings is 1. The summed E-state index contributed by atoms with van der Waals surface area (Å²) >= 11 is 0. The van der Waals surface area contributed by atoms with Crippen LogP contribution in [0.4, 0.5) is 0 Å². The number of likely N-dealkylation sites (N-methyl/N-ethyl adjacent to an activating group) is 1. The van der Waals surface area contributed by atoms with Crippen LogP contribution in [0.1, 0.15) is 38.5 Å². The molecule has 2 saturated heterocycles. The van der Waals surface area contributed by atoms with Gasteiger partial charge in [0.1, 0.15) is 0 Å². The predicted octanol–water partition coefficient (Wildman–Crippen LogP) is 0.955. The third-order valence-electron chi connectivity index (χ3n) is 5.28.